The van der Waals surface area contributed by atoms with Gasteiger partial charge >= 0.3 is 6.03 Å². The molecule has 5 amide bonds. The summed E-state index contributed by atoms with van der Waals surface area (Å²) in [6.07, 6.45) is 2.57. The number of halogens is 3. The second-order valence-corrected chi connectivity index (χ2v) is 7.63. The van der Waals surface area contributed by atoms with Gasteiger partial charge in [-0.3, -0.25) is 19.3 Å². The molecule has 1 aliphatic heterocycles. The molecule has 0 radical (unpaired) electrons. The molecule has 30 heavy (non-hydrogen) atoms. The zero-order valence-corrected chi connectivity index (χ0v) is 16.2. The summed E-state index contributed by atoms with van der Waals surface area (Å²) in [7, 11) is 0. The Kier molecular flexibility index (Phi) is 5.99. The highest BCUT2D eigenvalue weighted by Gasteiger charge is 2.52. The van der Waals surface area contributed by atoms with E-state index >= 15 is 0 Å². The van der Waals surface area contributed by atoms with Crippen LogP contribution in [0.5, 0.6) is 0 Å². The standard InChI is InChI=1S/C19H21F3N4O4/c1-10-4-6-19(7-5-10)17(29)26(18(30)25-19)9-14(28)23-8-13(27)24-12-3-2-11(20)15(21)16(12)22/h2-3,10H,4-9H2,1H3,(H,23,28)(H,24,27)(H,25,30). The molecule has 0 aromatic heterocycles. The quantitative estimate of drug-likeness (QED) is 0.492. The highest BCUT2D eigenvalue weighted by molar-refractivity contribution is 6.09. The fourth-order valence-electron chi connectivity index (χ4n) is 3.61. The van der Waals surface area contributed by atoms with Gasteiger partial charge in [0.1, 0.15) is 12.1 Å². The Balaban J connectivity index is 1.52. The zero-order valence-electron chi connectivity index (χ0n) is 16.2. The molecular weight excluding hydrogens is 405 g/mol. The van der Waals surface area contributed by atoms with Crippen molar-refractivity contribution in [3.05, 3.63) is 29.6 Å². The molecule has 162 valence electrons. The number of nitrogens with one attached hydrogen (secondary N) is 3. The van der Waals surface area contributed by atoms with E-state index in [1.807, 2.05) is 5.32 Å². The van der Waals surface area contributed by atoms with Gasteiger partial charge in [0, 0.05) is 0 Å². The number of carbonyl (C=O) groups excluding carboxylic acids is 4. The average molecular weight is 426 g/mol. The van der Waals surface area contributed by atoms with Crippen molar-refractivity contribution in [3.8, 4) is 0 Å². The fraction of sp³-hybridized carbons (Fsp3) is 0.474. The summed E-state index contributed by atoms with van der Waals surface area (Å²) in [6, 6.07) is 0.815. The van der Waals surface area contributed by atoms with Gasteiger partial charge in [0.25, 0.3) is 5.91 Å². The number of carbonyl (C=O) groups is 4. The average Bonchev–Trinajstić information content (AvgIpc) is 2.93. The number of amides is 5. The lowest BCUT2D eigenvalue weighted by Crippen LogP contribution is -2.50. The van der Waals surface area contributed by atoms with E-state index in [0.29, 0.717) is 24.8 Å². The first-order valence-corrected chi connectivity index (χ1v) is 9.47. The summed E-state index contributed by atoms with van der Waals surface area (Å²) in [6.45, 7) is 0.870. The first-order chi connectivity index (χ1) is 14.1. The van der Waals surface area contributed by atoms with Crippen LogP contribution in [0.2, 0.25) is 0 Å². The molecule has 1 heterocycles. The Bertz CT molecular complexity index is 900. The van der Waals surface area contributed by atoms with Crippen LogP contribution in [0.4, 0.5) is 23.7 Å². The Morgan fingerprint density at radius 1 is 1.13 bits per heavy atom. The summed E-state index contributed by atoms with van der Waals surface area (Å²) in [5, 5.41) is 6.88. The molecule has 1 aromatic carbocycles. The molecule has 1 saturated heterocycles. The van der Waals surface area contributed by atoms with Crippen LogP contribution in [0, 0.1) is 23.4 Å². The van der Waals surface area contributed by atoms with Gasteiger partial charge < -0.3 is 16.0 Å². The molecule has 3 N–H and O–H groups in total. The summed E-state index contributed by atoms with van der Waals surface area (Å²) < 4.78 is 39.7. The van der Waals surface area contributed by atoms with Gasteiger partial charge in [-0.15, -0.1) is 0 Å². The lowest BCUT2D eigenvalue weighted by atomic mass is 9.77. The SMILES string of the molecule is CC1CCC2(CC1)NC(=O)N(CC(=O)NCC(=O)Nc1ccc(F)c(F)c1F)C2=O. The molecule has 1 aromatic rings. The third kappa shape index (κ3) is 4.24. The smallest absolute Gasteiger partial charge is 0.325 e. The maximum absolute atomic E-state index is 13.6. The normalized spacial score (nSPS) is 23.5. The maximum Gasteiger partial charge on any atom is 0.325 e. The van der Waals surface area contributed by atoms with Crippen molar-refractivity contribution < 1.29 is 32.3 Å². The van der Waals surface area contributed by atoms with Gasteiger partial charge in [0.15, 0.2) is 17.5 Å². The van der Waals surface area contributed by atoms with E-state index in [4.69, 9.17) is 0 Å². The zero-order chi connectivity index (χ0) is 22.1. The van der Waals surface area contributed by atoms with Crippen LogP contribution in [0.3, 0.4) is 0 Å². The van der Waals surface area contributed by atoms with E-state index < -0.39 is 65.5 Å². The number of hydrogen-bond donors (Lipinski definition) is 3. The topological polar surface area (TPSA) is 108 Å². The molecule has 0 unspecified atom stereocenters. The Morgan fingerprint density at radius 3 is 2.47 bits per heavy atom. The summed E-state index contributed by atoms with van der Waals surface area (Å²) in [5.41, 5.74) is -1.57. The Labute approximate surface area is 170 Å². The molecule has 8 nitrogen and oxygen atoms in total. The Hall–Kier alpha value is -3.11. The van der Waals surface area contributed by atoms with Crippen molar-refractivity contribution in [1.82, 2.24) is 15.5 Å². The molecule has 1 spiro atoms. The minimum absolute atomic E-state index is 0.454. The third-order valence-corrected chi connectivity index (χ3v) is 5.43. The van der Waals surface area contributed by atoms with Crippen molar-refractivity contribution in [1.29, 1.82) is 0 Å². The van der Waals surface area contributed by atoms with E-state index in [9.17, 15) is 32.3 Å². The summed E-state index contributed by atoms with van der Waals surface area (Å²) in [5.74, 6) is -6.40. The number of benzene rings is 1. The number of hydrogen-bond acceptors (Lipinski definition) is 4. The maximum atomic E-state index is 13.6. The van der Waals surface area contributed by atoms with Crippen LogP contribution < -0.4 is 16.0 Å². The van der Waals surface area contributed by atoms with Crippen LogP contribution in [-0.4, -0.2) is 47.3 Å². The van der Waals surface area contributed by atoms with Crippen LogP contribution >= 0.6 is 0 Å². The first kappa shape index (κ1) is 21.6. The van der Waals surface area contributed by atoms with Crippen LogP contribution in [0.15, 0.2) is 12.1 Å². The van der Waals surface area contributed by atoms with Crippen molar-refractivity contribution in [2.75, 3.05) is 18.4 Å². The molecule has 2 aliphatic rings. The van der Waals surface area contributed by atoms with Crippen LogP contribution in [0.1, 0.15) is 32.6 Å². The summed E-state index contributed by atoms with van der Waals surface area (Å²) in [4.78, 5) is 49.6. The predicted molar refractivity (Wildman–Crippen MR) is 98.6 cm³/mol. The van der Waals surface area contributed by atoms with Crippen LogP contribution in [0.25, 0.3) is 0 Å². The molecule has 0 atom stereocenters. The van der Waals surface area contributed by atoms with E-state index in [1.165, 1.54) is 0 Å². The van der Waals surface area contributed by atoms with Gasteiger partial charge in [0.05, 0.1) is 12.2 Å². The van der Waals surface area contributed by atoms with Gasteiger partial charge in [-0.1, -0.05) is 6.92 Å². The fourth-order valence-corrected chi connectivity index (χ4v) is 3.61. The first-order valence-electron chi connectivity index (χ1n) is 9.47. The van der Waals surface area contributed by atoms with Crippen LogP contribution in [-0.2, 0) is 14.4 Å². The molecule has 11 heteroatoms. The van der Waals surface area contributed by atoms with Crippen molar-refractivity contribution in [3.63, 3.8) is 0 Å². The minimum Gasteiger partial charge on any atom is -0.345 e. The monoisotopic (exact) mass is 426 g/mol. The number of nitrogens with zero attached hydrogens (tertiary/aromatic N) is 1. The van der Waals surface area contributed by atoms with Crippen molar-refractivity contribution in [2.45, 2.75) is 38.1 Å². The van der Waals surface area contributed by atoms with Crippen molar-refractivity contribution in [2.24, 2.45) is 5.92 Å². The van der Waals surface area contributed by atoms with Gasteiger partial charge in [-0.2, -0.15) is 0 Å². The molecule has 1 saturated carbocycles. The van der Waals surface area contributed by atoms with E-state index in [-0.39, 0.29) is 0 Å². The van der Waals surface area contributed by atoms with E-state index in [2.05, 4.69) is 17.6 Å². The second-order valence-electron chi connectivity index (χ2n) is 7.63. The number of urea groups is 1. The number of rotatable bonds is 5. The lowest BCUT2D eigenvalue weighted by molar-refractivity contribution is -0.136. The highest BCUT2D eigenvalue weighted by Crippen LogP contribution is 2.36. The lowest BCUT2D eigenvalue weighted by Gasteiger charge is -2.33. The molecule has 3 rings (SSSR count). The molecule has 0 bridgehead atoms. The largest absolute Gasteiger partial charge is 0.345 e. The van der Waals surface area contributed by atoms with Crippen molar-refractivity contribution >= 4 is 29.4 Å². The van der Waals surface area contributed by atoms with E-state index in [0.717, 1.165) is 23.8 Å². The number of imide groups is 1. The minimum atomic E-state index is -1.73. The molecular formula is C19H21F3N4O4. The number of anilines is 1. The van der Waals surface area contributed by atoms with Gasteiger partial charge in [-0.25, -0.2) is 18.0 Å². The molecule has 2 fully saturated rings. The predicted octanol–water partition coefficient (Wildman–Crippen LogP) is 1.66. The molecule has 1 aliphatic carbocycles. The van der Waals surface area contributed by atoms with Gasteiger partial charge in [-0.05, 0) is 43.7 Å². The summed E-state index contributed by atoms with van der Waals surface area (Å²) >= 11 is 0. The highest BCUT2D eigenvalue weighted by atomic mass is 19.2. The van der Waals surface area contributed by atoms with Gasteiger partial charge in [0.2, 0.25) is 11.8 Å². The third-order valence-electron chi connectivity index (χ3n) is 5.43. The Morgan fingerprint density at radius 2 is 1.80 bits per heavy atom. The van der Waals surface area contributed by atoms with E-state index in [1.54, 1.807) is 0 Å². The second kappa shape index (κ2) is 8.33.